The van der Waals surface area contributed by atoms with E-state index in [-0.39, 0.29) is 31.3 Å². The Balaban J connectivity index is 1.23. The van der Waals surface area contributed by atoms with Crippen molar-refractivity contribution in [2.75, 3.05) is 13.2 Å². The largest absolute Gasteiger partial charge is 0.481 e. The van der Waals surface area contributed by atoms with Crippen molar-refractivity contribution in [1.82, 2.24) is 5.32 Å². The van der Waals surface area contributed by atoms with Gasteiger partial charge in [-0.25, -0.2) is 9.18 Å². The molecule has 2 N–H and O–H groups in total. The van der Waals surface area contributed by atoms with E-state index in [0.29, 0.717) is 0 Å². The Hall–Kier alpha value is -4.45. The van der Waals surface area contributed by atoms with Gasteiger partial charge in [-0.3, -0.25) is 4.79 Å². The van der Waals surface area contributed by atoms with E-state index in [1.807, 2.05) is 60.7 Å². The molecule has 1 aliphatic rings. The molecule has 0 bridgehead atoms. The third kappa shape index (κ3) is 5.23. The minimum absolute atomic E-state index is 0.0731. The van der Waals surface area contributed by atoms with Crippen molar-refractivity contribution in [1.29, 1.82) is 0 Å². The summed E-state index contributed by atoms with van der Waals surface area (Å²) in [7, 11) is 0. The third-order valence-electron chi connectivity index (χ3n) is 6.82. The number of fused-ring (bicyclic) bond motifs is 3. The molecule has 0 saturated carbocycles. The van der Waals surface area contributed by atoms with Gasteiger partial charge in [0.25, 0.3) is 0 Å². The summed E-state index contributed by atoms with van der Waals surface area (Å²) in [5.41, 5.74) is 6.92. The van der Waals surface area contributed by atoms with Gasteiger partial charge in [-0.15, -0.1) is 0 Å². The summed E-state index contributed by atoms with van der Waals surface area (Å²) in [4.78, 5) is 24.6. The zero-order valence-electron chi connectivity index (χ0n) is 20.1. The lowest BCUT2D eigenvalue weighted by Crippen LogP contribution is -2.35. The monoisotopic (exact) mass is 495 g/mol. The highest BCUT2D eigenvalue weighted by Crippen LogP contribution is 2.44. The van der Waals surface area contributed by atoms with Gasteiger partial charge >= 0.3 is 12.1 Å². The number of benzene rings is 4. The third-order valence-corrected chi connectivity index (χ3v) is 6.82. The summed E-state index contributed by atoms with van der Waals surface area (Å²) >= 11 is 0. The summed E-state index contributed by atoms with van der Waals surface area (Å²) in [6.45, 7) is 0.0781. The topological polar surface area (TPSA) is 75.6 Å². The van der Waals surface area contributed by atoms with Gasteiger partial charge in [-0.1, -0.05) is 84.9 Å². The number of hydrogen-bond acceptors (Lipinski definition) is 3. The van der Waals surface area contributed by atoms with Crippen LogP contribution in [-0.4, -0.2) is 30.3 Å². The summed E-state index contributed by atoms with van der Waals surface area (Å²) in [5, 5.41) is 12.5. The summed E-state index contributed by atoms with van der Waals surface area (Å²) < 4.78 is 18.9. The van der Waals surface area contributed by atoms with Crippen molar-refractivity contribution in [2.45, 2.75) is 12.3 Å². The molecule has 37 heavy (non-hydrogen) atoms. The van der Waals surface area contributed by atoms with Gasteiger partial charge in [0, 0.05) is 12.5 Å². The number of carboxylic acid groups (broad SMARTS) is 1. The smallest absolute Gasteiger partial charge is 0.407 e. The van der Waals surface area contributed by atoms with E-state index in [1.54, 1.807) is 12.1 Å². The van der Waals surface area contributed by atoms with Crippen LogP contribution < -0.4 is 5.32 Å². The van der Waals surface area contributed by atoms with E-state index in [4.69, 9.17) is 4.74 Å². The number of halogens is 1. The minimum Gasteiger partial charge on any atom is -0.481 e. The number of alkyl carbamates (subject to hydrolysis) is 1. The van der Waals surface area contributed by atoms with Crippen molar-refractivity contribution < 1.29 is 23.8 Å². The number of aliphatic carboxylic acids is 1. The molecular formula is C31H26FNO4. The summed E-state index contributed by atoms with van der Waals surface area (Å²) in [5.74, 6) is -2.29. The molecule has 5 nitrogen and oxygen atoms in total. The standard InChI is InChI=1S/C31H26FNO4/c32-23-15-13-20(14-16-23)24-8-2-1-7-21(24)17-22(30(34)35)18-33-31(36)37-19-29-27-11-5-3-9-25(27)26-10-4-6-12-28(26)29/h1-16,22,29H,17-19H2,(H,33,36)(H,34,35)/t22-/m1/s1. The predicted molar refractivity (Wildman–Crippen MR) is 140 cm³/mol. The molecule has 0 radical (unpaired) electrons. The van der Waals surface area contributed by atoms with Gasteiger partial charge in [-0.05, 0) is 57.5 Å². The molecule has 6 heteroatoms. The van der Waals surface area contributed by atoms with Gasteiger partial charge in [0.1, 0.15) is 12.4 Å². The predicted octanol–water partition coefficient (Wildman–Crippen LogP) is 6.27. The zero-order chi connectivity index (χ0) is 25.8. The highest BCUT2D eigenvalue weighted by Gasteiger charge is 2.29. The first-order valence-electron chi connectivity index (χ1n) is 12.2. The number of carbonyl (C=O) groups excluding carboxylic acids is 1. The van der Waals surface area contributed by atoms with Gasteiger partial charge in [0.05, 0.1) is 5.92 Å². The van der Waals surface area contributed by atoms with Crippen molar-refractivity contribution >= 4 is 12.1 Å². The Kier molecular flexibility index (Phi) is 6.99. The fourth-order valence-electron chi connectivity index (χ4n) is 4.98. The van der Waals surface area contributed by atoms with Crippen LogP contribution in [-0.2, 0) is 16.0 Å². The molecule has 5 rings (SSSR count). The average molecular weight is 496 g/mol. The van der Waals surface area contributed by atoms with E-state index >= 15 is 0 Å². The first kappa shape index (κ1) is 24.3. The molecule has 4 aromatic rings. The quantitative estimate of drug-likeness (QED) is 0.302. The Bertz CT molecular complexity index is 1390. The molecule has 0 aromatic heterocycles. The molecule has 0 unspecified atom stereocenters. The lowest BCUT2D eigenvalue weighted by atomic mass is 9.92. The lowest BCUT2D eigenvalue weighted by molar-refractivity contribution is -0.141. The van der Waals surface area contributed by atoms with E-state index in [0.717, 1.165) is 38.9 Å². The molecule has 1 atom stereocenters. The molecule has 186 valence electrons. The van der Waals surface area contributed by atoms with Gasteiger partial charge in [-0.2, -0.15) is 0 Å². The molecule has 0 aliphatic heterocycles. The number of hydrogen-bond donors (Lipinski definition) is 2. The van der Waals surface area contributed by atoms with Crippen molar-refractivity contribution in [3.63, 3.8) is 0 Å². The highest BCUT2D eigenvalue weighted by atomic mass is 19.1. The van der Waals surface area contributed by atoms with Crippen LogP contribution in [0, 0.1) is 11.7 Å². The Labute approximate surface area is 214 Å². The zero-order valence-corrected chi connectivity index (χ0v) is 20.1. The number of carbonyl (C=O) groups is 2. The van der Waals surface area contributed by atoms with Crippen LogP contribution in [0.4, 0.5) is 9.18 Å². The Morgan fingerprint density at radius 1 is 0.811 bits per heavy atom. The summed E-state index contributed by atoms with van der Waals surface area (Å²) in [6.07, 6.45) is -0.452. The first-order valence-corrected chi connectivity index (χ1v) is 12.2. The van der Waals surface area contributed by atoms with E-state index in [9.17, 15) is 19.1 Å². The van der Waals surface area contributed by atoms with Crippen LogP contribution in [0.15, 0.2) is 97.1 Å². The summed E-state index contributed by atoms with van der Waals surface area (Å²) in [6, 6.07) is 29.6. The normalized spacial score (nSPS) is 12.9. The maximum atomic E-state index is 13.4. The number of carboxylic acids is 1. The van der Waals surface area contributed by atoms with Crippen molar-refractivity contribution in [3.05, 3.63) is 120 Å². The van der Waals surface area contributed by atoms with Crippen LogP contribution in [0.5, 0.6) is 0 Å². The number of ether oxygens (including phenoxy) is 1. The molecule has 1 aliphatic carbocycles. The number of rotatable bonds is 8. The van der Waals surface area contributed by atoms with Crippen LogP contribution in [0.2, 0.25) is 0 Å². The van der Waals surface area contributed by atoms with Crippen LogP contribution in [0.25, 0.3) is 22.3 Å². The van der Waals surface area contributed by atoms with E-state index in [2.05, 4.69) is 17.4 Å². The maximum absolute atomic E-state index is 13.4. The van der Waals surface area contributed by atoms with Gasteiger partial charge < -0.3 is 15.2 Å². The van der Waals surface area contributed by atoms with Crippen molar-refractivity contribution in [2.24, 2.45) is 5.92 Å². The van der Waals surface area contributed by atoms with E-state index in [1.165, 1.54) is 12.1 Å². The van der Waals surface area contributed by atoms with Gasteiger partial charge in [0.15, 0.2) is 0 Å². The fourth-order valence-corrected chi connectivity index (χ4v) is 4.98. The molecule has 0 heterocycles. The average Bonchev–Trinajstić information content (AvgIpc) is 3.24. The molecule has 4 aromatic carbocycles. The second-order valence-corrected chi connectivity index (χ2v) is 9.11. The first-order chi connectivity index (χ1) is 18.0. The maximum Gasteiger partial charge on any atom is 0.407 e. The second-order valence-electron chi connectivity index (χ2n) is 9.11. The number of amides is 1. The highest BCUT2D eigenvalue weighted by molar-refractivity contribution is 5.79. The second kappa shape index (κ2) is 10.7. The molecule has 0 fully saturated rings. The SMILES string of the molecule is O=C(NC[C@@H](Cc1ccccc1-c1ccc(F)cc1)C(=O)O)OCC1c2ccccc2-c2ccccc21. The lowest BCUT2D eigenvalue weighted by Gasteiger charge is -2.18. The fraction of sp³-hybridized carbons (Fsp3) is 0.161. The molecule has 1 amide bonds. The van der Waals surface area contributed by atoms with Crippen LogP contribution in [0.3, 0.4) is 0 Å². The molecular weight excluding hydrogens is 469 g/mol. The van der Waals surface area contributed by atoms with Crippen LogP contribution >= 0.6 is 0 Å². The molecule has 0 spiro atoms. The minimum atomic E-state index is -1.02. The number of nitrogens with one attached hydrogen (secondary N) is 1. The van der Waals surface area contributed by atoms with Crippen molar-refractivity contribution in [3.8, 4) is 22.3 Å². The van der Waals surface area contributed by atoms with Gasteiger partial charge in [0.2, 0.25) is 0 Å². The Morgan fingerprint density at radius 3 is 2.00 bits per heavy atom. The molecule has 0 saturated heterocycles. The van der Waals surface area contributed by atoms with E-state index < -0.39 is 18.0 Å². The Morgan fingerprint density at radius 2 is 1.38 bits per heavy atom. The van der Waals surface area contributed by atoms with Crippen LogP contribution in [0.1, 0.15) is 22.6 Å².